The maximum atomic E-state index is 9.24. The number of para-hydroxylation sites is 1. The Balaban J connectivity index is 0.00000364. The van der Waals surface area contributed by atoms with E-state index in [1.165, 1.54) is 0 Å². The van der Waals surface area contributed by atoms with Gasteiger partial charge in [-0.15, -0.1) is 24.0 Å². The fourth-order valence-corrected chi connectivity index (χ4v) is 3.44. The molecule has 1 aliphatic heterocycles. The van der Waals surface area contributed by atoms with E-state index in [0.717, 1.165) is 70.0 Å². The molecule has 0 aromatic heterocycles. The minimum Gasteiger partial charge on any atom is -0.490 e. The number of benzene rings is 1. The summed E-state index contributed by atoms with van der Waals surface area (Å²) in [6.45, 7) is 8.13. The molecule has 2 rings (SSSR count). The quantitative estimate of drug-likeness (QED) is 0.314. The molecule has 5 nitrogen and oxygen atoms in total. The van der Waals surface area contributed by atoms with Crippen LogP contribution in [0.15, 0.2) is 35.3 Å². The molecule has 1 aliphatic rings. The van der Waals surface area contributed by atoms with Gasteiger partial charge in [-0.3, -0.25) is 4.99 Å². The zero-order valence-corrected chi connectivity index (χ0v) is 19.1. The number of likely N-dealkylation sites (tertiary alicyclic amines) is 1. The fourth-order valence-electron chi connectivity index (χ4n) is 3.44. The van der Waals surface area contributed by atoms with Crippen molar-refractivity contribution >= 4 is 29.9 Å². The molecule has 0 aliphatic carbocycles. The molecule has 0 spiro atoms. The number of guanidine groups is 1. The van der Waals surface area contributed by atoms with Crippen molar-refractivity contribution in [2.45, 2.75) is 52.1 Å². The summed E-state index contributed by atoms with van der Waals surface area (Å²) in [4.78, 5) is 7.21. The molecule has 1 atom stereocenters. The fraction of sp³-hybridized carbons (Fsp3) is 0.667. The molecule has 0 bridgehead atoms. The molecular weight excluding hydrogens is 453 g/mol. The van der Waals surface area contributed by atoms with E-state index >= 15 is 0 Å². The van der Waals surface area contributed by atoms with E-state index in [1.54, 1.807) is 0 Å². The highest BCUT2D eigenvalue weighted by Crippen LogP contribution is 2.19. The van der Waals surface area contributed by atoms with Crippen LogP contribution < -0.4 is 10.1 Å². The molecule has 0 radical (unpaired) electrons. The van der Waals surface area contributed by atoms with Crippen molar-refractivity contribution in [2.24, 2.45) is 10.9 Å². The van der Waals surface area contributed by atoms with Crippen LogP contribution >= 0.6 is 24.0 Å². The normalized spacial score (nSPS) is 16.6. The molecule has 1 saturated heterocycles. The molecule has 1 fully saturated rings. The molecule has 1 aromatic carbocycles. The van der Waals surface area contributed by atoms with Crippen LogP contribution in [0, 0.1) is 5.92 Å². The van der Waals surface area contributed by atoms with Crippen LogP contribution in [0.25, 0.3) is 0 Å². The van der Waals surface area contributed by atoms with Crippen LogP contribution in [0.1, 0.15) is 46.0 Å². The van der Waals surface area contributed by atoms with Crippen LogP contribution in [0.3, 0.4) is 0 Å². The number of nitrogens with one attached hydrogen (secondary N) is 1. The van der Waals surface area contributed by atoms with E-state index in [9.17, 15) is 5.11 Å². The summed E-state index contributed by atoms with van der Waals surface area (Å²) in [5, 5.41) is 12.7. The van der Waals surface area contributed by atoms with E-state index in [0.29, 0.717) is 5.92 Å². The Morgan fingerprint density at radius 1 is 1.22 bits per heavy atom. The number of hydrogen-bond acceptors (Lipinski definition) is 3. The number of ether oxygens (including phenoxy) is 1. The Labute approximate surface area is 181 Å². The van der Waals surface area contributed by atoms with Gasteiger partial charge in [0.25, 0.3) is 0 Å². The van der Waals surface area contributed by atoms with Gasteiger partial charge in [0.2, 0.25) is 0 Å². The molecule has 1 heterocycles. The summed E-state index contributed by atoms with van der Waals surface area (Å²) in [5.41, 5.74) is 0. The van der Waals surface area contributed by atoms with Crippen molar-refractivity contribution in [3.8, 4) is 5.75 Å². The SMILES string of the molecule is CCCC(CCO)CN=C(NCC)N1CCC(Oc2ccccc2)CC1.I. The first-order valence-corrected chi connectivity index (χ1v) is 10.1. The topological polar surface area (TPSA) is 57.1 Å². The van der Waals surface area contributed by atoms with Crippen molar-refractivity contribution in [3.63, 3.8) is 0 Å². The minimum absolute atomic E-state index is 0. The molecule has 2 N–H and O–H groups in total. The first-order valence-electron chi connectivity index (χ1n) is 10.1. The van der Waals surface area contributed by atoms with Crippen molar-refractivity contribution in [3.05, 3.63) is 30.3 Å². The number of nitrogens with zero attached hydrogens (tertiary/aromatic N) is 2. The van der Waals surface area contributed by atoms with Gasteiger partial charge in [0.1, 0.15) is 11.9 Å². The van der Waals surface area contributed by atoms with Crippen LogP contribution in [0.4, 0.5) is 0 Å². The second-order valence-electron chi connectivity index (χ2n) is 6.98. The average Bonchev–Trinajstić information content (AvgIpc) is 2.67. The Bertz CT molecular complexity index is 513. The third kappa shape index (κ3) is 8.68. The highest BCUT2D eigenvalue weighted by atomic mass is 127. The van der Waals surface area contributed by atoms with Gasteiger partial charge in [0.15, 0.2) is 5.96 Å². The Morgan fingerprint density at radius 3 is 2.52 bits per heavy atom. The van der Waals surface area contributed by atoms with Gasteiger partial charge >= 0.3 is 0 Å². The molecular formula is C21H36IN3O2. The van der Waals surface area contributed by atoms with Crippen molar-refractivity contribution < 1.29 is 9.84 Å². The molecule has 1 unspecified atom stereocenters. The van der Waals surface area contributed by atoms with Crippen LogP contribution in [0.5, 0.6) is 5.75 Å². The van der Waals surface area contributed by atoms with Crippen LogP contribution in [-0.2, 0) is 0 Å². The minimum atomic E-state index is 0. The number of halogens is 1. The summed E-state index contributed by atoms with van der Waals surface area (Å²) >= 11 is 0. The van der Waals surface area contributed by atoms with Crippen molar-refractivity contribution in [2.75, 3.05) is 32.8 Å². The van der Waals surface area contributed by atoms with E-state index in [4.69, 9.17) is 9.73 Å². The monoisotopic (exact) mass is 489 g/mol. The summed E-state index contributed by atoms with van der Waals surface area (Å²) in [6, 6.07) is 10.1. The second kappa shape index (κ2) is 14.0. The van der Waals surface area contributed by atoms with Gasteiger partial charge in [0, 0.05) is 45.6 Å². The van der Waals surface area contributed by atoms with Gasteiger partial charge in [-0.1, -0.05) is 31.5 Å². The van der Waals surface area contributed by atoms with Gasteiger partial charge in [-0.25, -0.2) is 0 Å². The predicted octanol–water partition coefficient (Wildman–Crippen LogP) is 3.91. The van der Waals surface area contributed by atoms with Gasteiger partial charge in [-0.2, -0.15) is 0 Å². The average molecular weight is 489 g/mol. The molecule has 27 heavy (non-hydrogen) atoms. The maximum Gasteiger partial charge on any atom is 0.193 e. The number of aliphatic hydroxyl groups excluding tert-OH is 1. The summed E-state index contributed by atoms with van der Waals surface area (Å²) in [7, 11) is 0. The third-order valence-corrected chi connectivity index (χ3v) is 4.86. The Morgan fingerprint density at radius 2 is 1.93 bits per heavy atom. The third-order valence-electron chi connectivity index (χ3n) is 4.86. The Hall–Kier alpha value is -1.02. The largest absolute Gasteiger partial charge is 0.490 e. The summed E-state index contributed by atoms with van der Waals surface area (Å²) in [5.74, 6) is 2.43. The van der Waals surface area contributed by atoms with E-state index < -0.39 is 0 Å². The predicted molar refractivity (Wildman–Crippen MR) is 123 cm³/mol. The van der Waals surface area contributed by atoms with Crippen LogP contribution in [0.2, 0.25) is 0 Å². The first-order chi connectivity index (χ1) is 12.8. The van der Waals surface area contributed by atoms with Gasteiger partial charge in [-0.05, 0) is 37.8 Å². The second-order valence-corrected chi connectivity index (χ2v) is 6.98. The Kier molecular flexibility index (Phi) is 12.5. The highest BCUT2D eigenvalue weighted by Gasteiger charge is 2.23. The van der Waals surface area contributed by atoms with E-state index in [2.05, 4.69) is 24.1 Å². The van der Waals surface area contributed by atoms with E-state index in [1.807, 2.05) is 30.3 Å². The molecule has 0 saturated carbocycles. The standard InChI is InChI=1S/C21H35N3O2.HI/c1-3-8-18(13-16-25)17-23-21(22-4-2)24-14-11-20(12-15-24)26-19-9-6-5-7-10-19;/h5-7,9-10,18,20,25H,3-4,8,11-17H2,1-2H3,(H,22,23);1H. The zero-order chi connectivity index (χ0) is 18.6. The van der Waals surface area contributed by atoms with Gasteiger partial charge < -0.3 is 20.1 Å². The molecule has 6 heteroatoms. The lowest BCUT2D eigenvalue weighted by Crippen LogP contribution is -2.47. The molecule has 154 valence electrons. The molecule has 0 amide bonds. The number of aliphatic imine (C=N–C) groups is 1. The number of hydrogen-bond donors (Lipinski definition) is 2. The number of aliphatic hydroxyl groups is 1. The zero-order valence-electron chi connectivity index (χ0n) is 16.8. The summed E-state index contributed by atoms with van der Waals surface area (Å²) in [6.07, 6.45) is 5.39. The van der Waals surface area contributed by atoms with Gasteiger partial charge in [0.05, 0.1) is 0 Å². The highest BCUT2D eigenvalue weighted by molar-refractivity contribution is 14.0. The van der Waals surface area contributed by atoms with Crippen molar-refractivity contribution in [1.82, 2.24) is 10.2 Å². The lowest BCUT2D eigenvalue weighted by atomic mass is 10.0. The smallest absolute Gasteiger partial charge is 0.193 e. The number of rotatable bonds is 9. The maximum absolute atomic E-state index is 9.24. The lowest BCUT2D eigenvalue weighted by molar-refractivity contribution is 0.129. The van der Waals surface area contributed by atoms with Crippen LogP contribution in [-0.4, -0.2) is 54.9 Å². The van der Waals surface area contributed by atoms with E-state index in [-0.39, 0.29) is 36.7 Å². The number of piperidine rings is 1. The summed E-state index contributed by atoms with van der Waals surface area (Å²) < 4.78 is 6.09. The first kappa shape index (κ1) is 24.0. The van der Waals surface area contributed by atoms with Crippen molar-refractivity contribution in [1.29, 1.82) is 0 Å². The lowest BCUT2D eigenvalue weighted by Gasteiger charge is -2.34. The molecule has 1 aromatic rings.